The summed E-state index contributed by atoms with van der Waals surface area (Å²) in [5, 5.41) is 5.81. The number of fused-ring (bicyclic) bond motifs is 1. The zero-order valence-corrected chi connectivity index (χ0v) is 19.2. The quantitative estimate of drug-likeness (QED) is 0.416. The van der Waals surface area contributed by atoms with Crippen LogP contribution in [0.3, 0.4) is 0 Å². The van der Waals surface area contributed by atoms with E-state index in [1.54, 1.807) is 6.20 Å². The van der Waals surface area contributed by atoms with Gasteiger partial charge >= 0.3 is 0 Å². The highest BCUT2D eigenvalue weighted by atomic mass is 35.5. The summed E-state index contributed by atoms with van der Waals surface area (Å²) in [6.07, 6.45) is 4.98. The minimum atomic E-state index is -0.905. The largest absolute Gasteiger partial charge is 0.369 e. The molecule has 3 aromatic rings. The fourth-order valence-corrected chi connectivity index (χ4v) is 4.25. The maximum absolute atomic E-state index is 14.6. The first-order chi connectivity index (χ1) is 15.8. The van der Waals surface area contributed by atoms with Crippen molar-refractivity contribution in [2.24, 2.45) is 11.7 Å². The number of halogens is 3. The van der Waals surface area contributed by atoms with E-state index >= 15 is 0 Å². The standard InChI is InChI=1S/C22H26ClF2N7O/c1-3-11(2)28-21-27-10-16-20(31-21)32(13-6-4-12(5-7-13)19(26)33)22(29-16)30-18-15(24)9-8-14(23)17(18)25/h8-13H,3-7H2,1-2H3,(H2,26,33)(H,29,30)(H,27,28,31)/t11?,12-,13-. The van der Waals surface area contributed by atoms with Gasteiger partial charge in [-0.1, -0.05) is 18.5 Å². The molecular formula is C22H26ClF2N7O. The Morgan fingerprint density at radius 1 is 1.27 bits per heavy atom. The molecular weight excluding hydrogens is 452 g/mol. The van der Waals surface area contributed by atoms with Gasteiger partial charge in [0.1, 0.15) is 17.0 Å². The summed E-state index contributed by atoms with van der Waals surface area (Å²) < 4.78 is 30.9. The van der Waals surface area contributed by atoms with E-state index in [-0.39, 0.29) is 34.9 Å². The lowest BCUT2D eigenvalue weighted by Gasteiger charge is -2.29. The average molecular weight is 478 g/mol. The number of amides is 1. The van der Waals surface area contributed by atoms with Gasteiger partial charge in [0.2, 0.25) is 17.8 Å². The normalized spacial score (nSPS) is 19.4. The van der Waals surface area contributed by atoms with Crippen LogP contribution in [0.4, 0.5) is 26.4 Å². The predicted octanol–water partition coefficient (Wildman–Crippen LogP) is 4.93. The number of hydrogen-bond donors (Lipinski definition) is 3. The van der Waals surface area contributed by atoms with Crippen molar-refractivity contribution < 1.29 is 13.6 Å². The number of nitrogens with two attached hydrogens (primary N) is 1. The highest BCUT2D eigenvalue weighted by Gasteiger charge is 2.29. The summed E-state index contributed by atoms with van der Waals surface area (Å²) in [6.45, 7) is 4.07. The van der Waals surface area contributed by atoms with Gasteiger partial charge in [-0.3, -0.25) is 9.36 Å². The van der Waals surface area contributed by atoms with E-state index in [0.29, 0.717) is 42.8 Å². The Bertz CT molecular complexity index is 1180. The van der Waals surface area contributed by atoms with E-state index in [0.717, 1.165) is 18.6 Å². The maximum atomic E-state index is 14.6. The minimum absolute atomic E-state index is 0.0928. The molecule has 1 saturated carbocycles. The molecule has 4 rings (SSSR count). The molecule has 1 atom stereocenters. The Labute approximate surface area is 194 Å². The number of nitrogens with zero attached hydrogens (tertiary/aromatic N) is 4. The molecule has 8 nitrogen and oxygen atoms in total. The molecule has 2 heterocycles. The van der Waals surface area contributed by atoms with Crippen LogP contribution >= 0.6 is 11.6 Å². The molecule has 1 amide bonds. The summed E-state index contributed by atoms with van der Waals surface area (Å²) in [7, 11) is 0. The van der Waals surface area contributed by atoms with Crippen LogP contribution in [0, 0.1) is 17.6 Å². The molecule has 1 aliphatic carbocycles. The highest BCUT2D eigenvalue weighted by molar-refractivity contribution is 6.31. The predicted molar refractivity (Wildman–Crippen MR) is 124 cm³/mol. The Morgan fingerprint density at radius 2 is 2.00 bits per heavy atom. The van der Waals surface area contributed by atoms with Crippen molar-refractivity contribution in [1.82, 2.24) is 19.5 Å². The number of hydrogen-bond acceptors (Lipinski definition) is 6. The lowest BCUT2D eigenvalue weighted by molar-refractivity contribution is -0.122. The topological polar surface area (TPSA) is 111 Å². The molecule has 11 heteroatoms. The molecule has 0 bridgehead atoms. The van der Waals surface area contributed by atoms with Crippen LogP contribution in [0.1, 0.15) is 52.0 Å². The zero-order valence-electron chi connectivity index (χ0n) is 18.4. The summed E-state index contributed by atoms with van der Waals surface area (Å²) in [4.78, 5) is 25.1. The van der Waals surface area contributed by atoms with Crippen molar-refractivity contribution in [2.75, 3.05) is 10.6 Å². The van der Waals surface area contributed by atoms with Crippen LogP contribution in [-0.4, -0.2) is 31.5 Å². The van der Waals surface area contributed by atoms with Gasteiger partial charge in [-0.2, -0.15) is 4.98 Å². The second-order valence-electron chi connectivity index (χ2n) is 8.41. The number of carbonyl (C=O) groups is 1. The van der Waals surface area contributed by atoms with Crippen LogP contribution in [-0.2, 0) is 4.79 Å². The number of imidazole rings is 1. The minimum Gasteiger partial charge on any atom is -0.369 e. The summed E-state index contributed by atoms with van der Waals surface area (Å²) in [5.41, 5.74) is 6.10. The van der Waals surface area contributed by atoms with Crippen molar-refractivity contribution in [1.29, 1.82) is 0 Å². The van der Waals surface area contributed by atoms with Crippen molar-refractivity contribution in [2.45, 2.75) is 58.0 Å². The number of carbonyl (C=O) groups excluding carboxylic acids is 1. The van der Waals surface area contributed by atoms with Crippen LogP contribution in [0.5, 0.6) is 0 Å². The first-order valence-electron chi connectivity index (χ1n) is 11.0. The number of nitrogens with one attached hydrogen (secondary N) is 2. The van der Waals surface area contributed by atoms with Gasteiger partial charge in [-0.15, -0.1) is 0 Å². The Morgan fingerprint density at radius 3 is 2.67 bits per heavy atom. The molecule has 176 valence electrons. The summed E-state index contributed by atoms with van der Waals surface area (Å²) in [5.74, 6) is -1.53. The molecule has 1 unspecified atom stereocenters. The van der Waals surface area contributed by atoms with Crippen molar-refractivity contribution in [3.05, 3.63) is 35.0 Å². The second-order valence-corrected chi connectivity index (χ2v) is 8.82. The van der Waals surface area contributed by atoms with Crippen LogP contribution < -0.4 is 16.4 Å². The number of aromatic nitrogens is 4. The van der Waals surface area contributed by atoms with Crippen molar-refractivity contribution in [3.8, 4) is 0 Å². The summed E-state index contributed by atoms with van der Waals surface area (Å²) >= 11 is 5.86. The SMILES string of the molecule is CCC(C)Nc1ncc2nc(Nc3c(F)ccc(Cl)c3F)n([C@H]3CC[C@H](C(N)=O)CC3)c2n1. The second kappa shape index (κ2) is 9.46. The fraction of sp³-hybridized carbons (Fsp3) is 0.455. The van der Waals surface area contributed by atoms with Gasteiger partial charge in [-0.25, -0.2) is 18.7 Å². The van der Waals surface area contributed by atoms with Crippen LogP contribution in [0.15, 0.2) is 18.3 Å². The average Bonchev–Trinajstić information content (AvgIpc) is 3.16. The van der Waals surface area contributed by atoms with E-state index in [2.05, 4.69) is 25.6 Å². The van der Waals surface area contributed by atoms with Crippen LogP contribution in [0.25, 0.3) is 11.2 Å². The van der Waals surface area contributed by atoms with Gasteiger partial charge in [-0.05, 0) is 51.2 Å². The van der Waals surface area contributed by atoms with E-state index in [9.17, 15) is 13.6 Å². The van der Waals surface area contributed by atoms with Crippen molar-refractivity contribution in [3.63, 3.8) is 0 Å². The Kier molecular flexibility index (Phi) is 6.64. The molecule has 2 aromatic heterocycles. The molecule has 0 saturated heterocycles. The van der Waals surface area contributed by atoms with Crippen molar-refractivity contribution >= 4 is 46.3 Å². The van der Waals surface area contributed by atoms with E-state index in [1.165, 1.54) is 0 Å². The Hall–Kier alpha value is -3.01. The third-order valence-electron chi connectivity index (χ3n) is 6.17. The lowest BCUT2D eigenvalue weighted by atomic mass is 9.85. The number of benzene rings is 1. The van der Waals surface area contributed by atoms with Gasteiger partial charge in [0.05, 0.1) is 11.2 Å². The van der Waals surface area contributed by atoms with Gasteiger partial charge in [0.25, 0.3) is 0 Å². The molecule has 0 aliphatic heterocycles. The molecule has 1 fully saturated rings. The smallest absolute Gasteiger partial charge is 0.224 e. The number of rotatable bonds is 7. The first-order valence-corrected chi connectivity index (χ1v) is 11.4. The van der Waals surface area contributed by atoms with Gasteiger partial charge in [0.15, 0.2) is 11.5 Å². The zero-order chi connectivity index (χ0) is 23.7. The molecule has 0 radical (unpaired) electrons. The molecule has 0 spiro atoms. The third kappa shape index (κ3) is 4.71. The summed E-state index contributed by atoms with van der Waals surface area (Å²) in [6, 6.07) is 2.32. The third-order valence-corrected chi connectivity index (χ3v) is 6.46. The Balaban J connectivity index is 1.78. The fourth-order valence-electron chi connectivity index (χ4n) is 4.09. The van der Waals surface area contributed by atoms with Gasteiger partial charge in [0, 0.05) is 18.0 Å². The lowest BCUT2D eigenvalue weighted by Crippen LogP contribution is -2.29. The van der Waals surface area contributed by atoms with Crippen LogP contribution in [0.2, 0.25) is 5.02 Å². The number of primary amides is 1. The monoisotopic (exact) mass is 477 g/mol. The molecule has 1 aliphatic rings. The molecule has 4 N–H and O–H groups in total. The van der Waals surface area contributed by atoms with E-state index in [4.69, 9.17) is 17.3 Å². The molecule has 33 heavy (non-hydrogen) atoms. The number of anilines is 3. The highest BCUT2D eigenvalue weighted by Crippen LogP contribution is 2.38. The molecule has 1 aromatic carbocycles. The van der Waals surface area contributed by atoms with Gasteiger partial charge < -0.3 is 16.4 Å². The maximum Gasteiger partial charge on any atom is 0.224 e. The van der Waals surface area contributed by atoms with E-state index in [1.807, 2.05) is 18.4 Å². The first kappa shape index (κ1) is 23.2. The van der Waals surface area contributed by atoms with E-state index < -0.39 is 17.3 Å².